The van der Waals surface area contributed by atoms with Crippen molar-refractivity contribution in [1.82, 2.24) is 0 Å². The van der Waals surface area contributed by atoms with Crippen molar-refractivity contribution in [3.05, 3.63) is 117 Å². The van der Waals surface area contributed by atoms with Crippen LogP contribution in [-0.2, 0) is 0 Å². The van der Waals surface area contributed by atoms with Gasteiger partial charge in [-0.25, -0.2) is 0 Å². The number of anilines is 1. The number of carbonyl (C=O) groups excluding carboxylic acids is 1. The summed E-state index contributed by atoms with van der Waals surface area (Å²) in [4.78, 5) is 28.7. The Morgan fingerprint density at radius 3 is 2.50 bits per heavy atom. The first-order valence-electron chi connectivity index (χ1n) is 10.1. The zero-order valence-corrected chi connectivity index (χ0v) is 18.5. The van der Waals surface area contributed by atoms with Gasteiger partial charge in [-0.3, -0.25) is 14.5 Å². The average Bonchev–Trinajstić information content (AvgIpc) is 3.11. The molecule has 5 rings (SSSR count). The highest BCUT2D eigenvalue weighted by atomic mass is 79.9. The average molecular weight is 488 g/mol. The summed E-state index contributed by atoms with van der Waals surface area (Å²) >= 11 is 3.42. The summed E-state index contributed by atoms with van der Waals surface area (Å²) in [6.45, 7) is 4.05. The van der Waals surface area contributed by atoms with Gasteiger partial charge in [0, 0.05) is 10.2 Å². The van der Waals surface area contributed by atoms with Crippen LogP contribution in [-0.4, -0.2) is 12.5 Å². The Morgan fingerprint density at radius 2 is 1.78 bits per heavy atom. The topological polar surface area (TPSA) is 59.8 Å². The van der Waals surface area contributed by atoms with E-state index in [1.807, 2.05) is 54.6 Å². The lowest BCUT2D eigenvalue weighted by Crippen LogP contribution is -2.29. The van der Waals surface area contributed by atoms with E-state index in [0.717, 1.165) is 10.0 Å². The fourth-order valence-corrected chi connectivity index (χ4v) is 4.38. The number of benzene rings is 3. The largest absolute Gasteiger partial charge is 0.490 e. The van der Waals surface area contributed by atoms with Gasteiger partial charge in [-0.05, 0) is 48.0 Å². The van der Waals surface area contributed by atoms with Gasteiger partial charge in [-0.2, -0.15) is 0 Å². The number of hydrogen-bond acceptors (Lipinski definition) is 4. The van der Waals surface area contributed by atoms with Gasteiger partial charge in [0.05, 0.1) is 17.0 Å². The fraction of sp³-hybridized carbons (Fsp3) is 0.0769. The number of para-hydroxylation sites is 1. The Bertz CT molecular complexity index is 1390. The van der Waals surface area contributed by atoms with Crippen molar-refractivity contribution in [2.75, 3.05) is 11.5 Å². The third-order valence-electron chi connectivity index (χ3n) is 5.43. The van der Waals surface area contributed by atoms with E-state index in [9.17, 15) is 9.59 Å². The standard InChI is InChI=1S/C26H18BrNO4/c1-2-14-31-19-11-8-16(9-12-19)23-22-24(29)20-15-17(27)10-13-21(20)32-25(22)26(30)28(23)18-6-4-3-5-7-18/h2-13,15,23H,1,14H2. The molecule has 2 heterocycles. The van der Waals surface area contributed by atoms with Crippen LogP contribution < -0.4 is 15.1 Å². The summed E-state index contributed by atoms with van der Waals surface area (Å²) in [7, 11) is 0. The predicted molar refractivity (Wildman–Crippen MR) is 127 cm³/mol. The van der Waals surface area contributed by atoms with E-state index in [0.29, 0.717) is 34.6 Å². The molecule has 0 fully saturated rings. The zero-order chi connectivity index (χ0) is 22.2. The number of nitrogens with zero attached hydrogens (tertiary/aromatic N) is 1. The smallest absolute Gasteiger partial charge is 0.295 e. The number of fused-ring (bicyclic) bond motifs is 2. The van der Waals surface area contributed by atoms with Crippen molar-refractivity contribution in [3.8, 4) is 5.75 Å². The van der Waals surface area contributed by atoms with Crippen LogP contribution in [0.3, 0.4) is 0 Å². The maximum Gasteiger partial charge on any atom is 0.295 e. The lowest BCUT2D eigenvalue weighted by molar-refractivity contribution is 0.0971. The number of amides is 1. The molecular formula is C26H18BrNO4. The maximum atomic E-state index is 13.6. The molecule has 1 amide bonds. The van der Waals surface area contributed by atoms with E-state index in [1.165, 1.54) is 0 Å². The van der Waals surface area contributed by atoms with E-state index in [-0.39, 0.29) is 17.1 Å². The molecule has 0 N–H and O–H groups in total. The van der Waals surface area contributed by atoms with Crippen molar-refractivity contribution in [2.45, 2.75) is 6.04 Å². The van der Waals surface area contributed by atoms with E-state index in [4.69, 9.17) is 9.15 Å². The van der Waals surface area contributed by atoms with Crippen LogP contribution in [0.15, 0.2) is 99.1 Å². The second-order valence-corrected chi connectivity index (χ2v) is 8.31. The highest BCUT2D eigenvalue weighted by molar-refractivity contribution is 9.10. The molecule has 1 atom stereocenters. The molecule has 0 aliphatic carbocycles. The maximum absolute atomic E-state index is 13.6. The monoisotopic (exact) mass is 487 g/mol. The van der Waals surface area contributed by atoms with Crippen molar-refractivity contribution < 1.29 is 13.9 Å². The fourth-order valence-electron chi connectivity index (χ4n) is 4.02. The molecule has 32 heavy (non-hydrogen) atoms. The van der Waals surface area contributed by atoms with Gasteiger partial charge < -0.3 is 9.15 Å². The molecule has 1 aliphatic heterocycles. The lowest BCUT2D eigenvalue weighted by Gasteiger charge is -2.25. The lowest BCUT2D eigenvalue weighted by atomic mass is 9.98. The van der Waals surface area contributed by atoms with Crippen LogP contribution in [0.25, 0.3) is 11.0 Å². The van der Waals surface area contributed by atoms with Gasteiger partial charge in [0.25, 0.3) is 5.91 Å². The van der Waals surface area contributed by atoms with Crippen molar-refractivity contribution in [2.24, 2.45) is 0 Å². The van der Waals surface area contributed by atoms with Crippen LogP contribution in [0.1, 0.15) is 27.7 Å². The van der Waals surface area contributed by atoms with Crippen LogP contribution in [0.2, 0.25) is 0 Å². The normalized spacial score (nSPS) is 15.1. The third kappa shape index (κ3) is 3.33. The van der Waals surface area contributed by atoms with Crippen LogP contribution in [0.5, 0.6) is 5.75 Å². The van der Waals surface area contributed by atoms with Gasteiger partial charge in [-0.1, -0.05) is 58.9 Å². The molecule has 1 unspecified atom stereocenters. The van der Waals surface area contributed by atoms with Crippen LogP contribution >= 0.6 is 15.9 Å². The molecule has 0 spiro atoms. The third-order valence-corrected chi connectivity index (χ3v) is 5.92. The Balaban J connectivity index is 1.73. The van der Waals surface area contributed by atoms with Crippen molar-refractivity contribution in [3.63, 3.8) is 0 Å². The Morgan fingerprint density at radius 1 is 1.03 bits per heavy atom. The van der Waals surface area contributed by atoms with E-state index < -0.39 is 6.04 Å². The molecule has 0 saturated carbocycles. The molecule has 158 valence electrons. The summed E-state index contributed by atoms with van der Waals surface area (Å²) in [5.74, 6) is 0.412. The van der Waals surface area contributed by atoms with E-state index in [2.05, 4.69) is 22.5 Å². The summed E-state index contributed by atoms with van der Waals surface area (Å²) in [5, 5.41) is 0.428. The van der Waals surface area contributed by atoms with E-state index in [1.54, 1.807) is 29.2 Å². The number of ether oxygens (including phenoxy) is 1. The SMILES string of the molecule is C=CCOc1ccc(C2c3c(oc4ccc(Br)cc4c3=O)C(=O)N2c2ccccc2)cc1. The first kappa shape index (κ1) is 20.3. The molecule has 4 aromatic rings. The minimum absolute atomic E-state index is 0.0747. The van der Waals surface area contributed by atoms with Gasteiger partial charge in [0.15, 0.2) is 5.43 Å². The minimum atomic E-state index is -0.618. The molecular weight excluding hydrogens is 470 g/mol. The van der Waals surface area contributed by atoms with Gasteiger partial charge in [0.2, 0.25) is 5.76 Å². The Kier molecular flexibility index (Phi) is 5.15. The molecule has 3 aromatic carbocycles. The molecule has 5 nitrogen and oxygen atoms in total. The molecule has 1 aromatic heterocycles. The predicted octanol–water partition coefficient (Wildman–Crippen LogP) is 5.87. The molecule has 6 heteroatoms. The first-order valence-corrected chi connectivity index (χ1v) is 10.9. The summed E-state index contributed by atoms with van der Waals surface area (Å²) in [5.41, 5.74) is 1.97. The zero-order valence-electron chi connectivity index (χ0n) is 17.0. The van der Waals surface area contributed by atoms with Crippen molar-refractivity contribution in [1.29, 1.82) is 0 Å². The van der Waals surface area contributed by atoms with Crippen LogP contribution in [0, 0.1) is 0 Å². The van der Waals surface area contributed by atoms with Crippen LogP contribution in [0.4, 0.5) is 5.69 Å². The summed E-state index contributed by atoms with van der Waals surface area (Å²) in [6, 6.07) is 21.3. The second kappa shape index (κ2) is 8.13. The number of carbonyl (C=O) groups is 1. The van der Waals surface area contributed by atoms with Gasteiger partial charge in [-0.15, -0.1) is 0 Å². The minimum Gasteiger partial charge on any atom is -0.490 e. The molecule has 0 radical (unpaired) electrons. The molecule has 0 saturated heterocycles. The molecule has 1 aliphatic rings. The highest BCUT2D eigenvalue weighted by Crippen LogP contribution is 2.41. The Labute approximate surface area is 192 Å². The highest BCUT2D eigenvalue weighted by Gasteiger charge is 2.43. The van der Waals surface area contributed by atoms with Gasteiger partial charge >= 0.3 is 0 Å². The quantitative estimate of drug-likeness (QED) is 0.330. The summed E-state index contributed by atoms with van der Waals surface area (Å²) in [6.07, 6.45) is 1.67. The Hall–Kier alpha value is -3.64. The number of halogens is 1. The molecule has 0 bridgehead atoms. The summed E-state index contributed by atoms with van der Waals surface area (Å²) < 4.78 is 12.3. The number of hydrogen-bond donors (Lipinski definition) is 0. The number of rotatable bonds is 5. The van der Waals surface area contributed by atoms with E-state index >= 15 is 0 Å². The van der Waals surface area contributed by atoms with Gasteiger partial charge in [0.1, 0.15) is 17.9 Å². The van der Waals surface area contributed by atoms with Crippen molar-refractivity contribution >= 4 is 38.5 Å². The second-order valence-electron chi connectivity index (χ2n) is 7.40. The first-order chi connectivity index (χ1) is 15.6.